The van der Waals surface area contributed by atoms with Gasteiger partial charge in [0.2, 0.25) is 5.91 Å². The van der Waals surface area contributed by atoms with Crippen LogP contribution in [0.4, 0.5) is 18.0 Å². The highest BCUT2D eigenvalue weighted by molar-refractivity contribution is 5.96. The molecule has 1 fully saturated rings. The number of aliphatic hydroxyl groups is 1. The molecule has 0 saturated heterocycles. The fourth-order valence-corrected chi connectivity index (χ4v) is 3.88. The molecule has 11 heteroatoms. The number of alkyl carbamates (subject to hydrolysis) is 1. The van der Waals surface area contributed by atoms with Crippen LogP contribution in [-0.2, 0) is 15.7 Å². The highest BCUT2D eigenvalue weighted by Gasteiger charge is 2.35. The van der Waals surface area contributed by atoms with Crippen LogP contribution >= 0.6 is 0 Å². The van der Waals surface area contributed by atoms with Crippen molar-refractivity contribution in [1.29, 1.82) is 0 Å². The molecule has 4 N–H and O–H groups in total. The van der Waals surface area contributed by atoms with Gasteiger partial charge in [-0.25, -0.2) is 4.79 Å². The monoisotopic (exact) mass is 487 g/mol. The number of halogens is 3. The summed E-state index contributed by atoms with van der Waals surface area (Å²) in [6.07, 6.45) is -4.47. The van der Waals surface area contributed by atoms with Crippen LogP contribution in [0, 0.1) is 5.92 Å². The van der Waals surface area contributed by atoms with Crippen LogP contribution in [0.1, 0.15) is 62.9 Å². The lowest BCUT2D eigenvalue weighted by molar-refractivity contribution is -0.137. The van der Waals surface area contributed by atoms with Gasteiger partial charge in [0.05, 0.1) is 18.2 Å². The number of carbonyl (C=O) groups excluding carboxylic acids is 3. The average Bonchev–Trinajstić information content (AvgIpc) is 2.71. The molecule has 34 heavy (non-hydrogen) atoms. The van der Waals surface area contributed by atoms with Crippen LogP contribution in [0.5, 0.6) is 0 Å². The number of ether oxygens (including phenoxy) is 1. The lowest BCUT2D eigenvalue weighted by Crippen LogP contribution is -2.53. The first-order valence-electron chi connectivity index (χ1n) is 11.1. The number of hydrogen-bond acceptors (Lipinski definition) is 5. The number of nitrogens with one attached hydrogen (secondary N) is 3. The van der Waals surface area contributed by atoms with Gasteiger partial charge in [-0.1, -0.05) is 6.07 Å². The summed E-state index contributed by atoms with van der Waals surface area (Å²) in [5.74, 6) is -1.69. The molecule has 0 spiro atoms. The number of carbonyl (C=O) groups is 3. The minimum Gasteiger partial charge on any atom is -0.444 e. The van der Waals surface area contributed by atoms with Crippen molar-refractivity contribution in [2.24, 2.45) is 5.92 Å². The third kappa shape index (κ3) is 8.51. The van der Waals surface area contributed by atoms with Crippen molar-refractivity contribution in [3.05, 3.63) is 35.4 Å². The maximum atomic E-state index is 12.8. The molecule has 2 rings (SSSR count). The summed E-state index contributed by atoms with van der Waals surface area (Å²) < 4.78 is 43.8. The maximum Gasteiger partial charge on any atom is 0.416 e. The van der Waals surface area contributed by atoms with E-state index in [0.717, 1.165) is 18.2 Å². The summed E-state index contributed by atoms with van der Waals surface area (Å²) in [5, 5.41) is 18.1. The fourth-order valence-electron chi connectivity index (χ4n) is 3.88. The highest BCUT2D eigenvalue weighted by Crippen LogP contribution is 2.30. The highest BCUT2D eigenvalue weighted by atomic mass is 19.4. The van der Waals surface area contributed by atoms with E-state index in [1.54, 1.807) is 27.7 Å². The molecule has 0 aliphatic heterocycles. The van der Waals surface area contributed by atoms with Gasteiger partial charge < -0.3 is 25.8 Å². The van der Waals surface area contributed by atoms with Crippen molar-refractivity contribution in [3.63, 3.8) is 0 Å². The maximum absolute atomic E-state index is 12.8. The van der Waals surface area contributed by atoms with Gasteiger partial charge in [0.1, 0.15) is 5.60 Å². The van der Waals surface area contributed by atoms with Crippen molar-refractivity contribution >= 4 is 17.9 Å². The van der Waals surface area contributed by atoms with Crippen LogP contribution in [0.3, 0.4) is 0 Å². The molecule has 0 heterocycles. The molecule has 3 amide bonds. The van der Waals surface area contributed by atoms with Gasteiger partial charge in [-0.15, -0.1) is 0 Å². The lowest BCUT2D eigenvalue weighted by Gasteiger charge is -2.38. The van der Waals surface area contributed by atoms with Crippen LogP contribution in [0.25, 0.3) is 0 Å². The molecule has 1 aromatic carbocycles. The molecule has 4 atom stereocenters. The summed E-state index contributed by atoms with van der Waals surface area (Å²) in [4.78, 5) is 36.6. The fraction of sp³-hybridized carbons (Fsp3) is 0.609. The average molecular weight is 488 g/mol. The first-order chi connectivity index (χ1) is 15.7. The van der Waals surface area contributed by atoms with E-state index in [0.29, 0.717) is 19.3 Å². The Hall–Kier alpha value is -2.82. The number of alkyl halides is 3. The zero-order valence-corrected chi connectivity index (χ0v) is 19.7. The molecule has 1 aliphatic rings. The molecule has 0 radical (unpaired) electrons. The first kappa shape index (κ1) is 27.4. The van der Waals surface area contributed by atoms with Crippen LogP contribution < -0.4 is 16.0 Å². The Morgan fingerprint density at radius 1 is 1.15 bits per heavy atom. The van der Waals surface area contributed by atoms with Crippen molar-refractivity contribution < 1.29 is 37.4 Å². The Morgan fingerprint density at radius 2 is 1.82 bits per heavy atom. The number of hydrogen-bond donors (Lipinski definition) is 4. The summed E-state index contributed by atoms with van der Waals surface area (Å²) >= 11 is 0. The molecule has 8 nitrogen and oxygen atoms in total. The third-order valence-electron chi connectivity index (χ3n) is 5.45. The van der Waals surface area contributed by atoms with E-state index in [4.69, 9.17) is 4.74 Å². The molecule has 1 aliphatic carbocycles. The Labute approximate surface area is 196 Å². The molecule has 1 aromatic rings. The van der Waals surface area contributed by atoms with E-state index in [1.165, 1.54) is 6.07 Å². The van der Waals surface area contributed by atoms with Crippen LogP contribution in [-0.4, -0.2) is 53.3 Å². The molecular formula is C23H32F3N3O5. The smallest absolute Gasteiger partial charge is 0.416 e. The lowest BCUT2D eigenvalue weighted by atomic mass is 9.78. The number of benzene rings is 1. The summed E-state index contributed by atoms with van der Waals surface area (Å²) in [7, 11) is 0. The minimum absolute atomic E-state index is 0.210. The van der Waals surface area contributed by atoms with Crippen LogP contribution in [0.15, 0.2) is 24.3 Å². The van der Waals surface area contributed by atoms with E-state index in [2.05, 4.69) is 16.0 Å². The second-order valence-electron chi connectivity index (χ2n) is 9.50. The van der Waals surface area contributed by atoms with E-state index in [1.807, 2.05) is 0 Å². The molecule has 190 valence electrons. The van der Waals surface area contributed by atoms with Gasteiger partial charge in [0, 0.05) is 23.6 Å². The Kier molecular flexibility index (Phi) is 8.93. The quantitative estimate of drug-likeness (QED) is 0.492. The van der Waals surface area contributed by atoms with Gasteiger partial charge in [-0.2, -0.15) is 13.2 Å². The predicted molar refractivity (Wildman–Crippen MR) is 118 cm³/mol. The SMILES string of the molecule is CC(O)[C@@H]1C[C@H](NC(=O)OC(C)(C)C)CC[C@@H]1NC(=O)CNC(=O)c1cccc(C(F)(F)F)c1. The topological polar surface area (TPSA) is 117 Å². The standard InChI is InChI=1S/C23H32F3N3O5/c1-13(30)17-11-16(28-21(33)34-22(2,3)4)8-9-18(17)29-19(31)12-27-20(32)14-6-5-7-15(10-14)23(24,25)26/h5-7,10,13,16-18,30H,8-9,11-12H2,1-4H3,(H,27,32)(H,28,33)(H,29,31)/t13?,16-,17+,18+/m1/s1. The first-order valence-corrected chi connectivity index (χ1v) is 11.1. The van der Waals surface area contributed by atoms with Crippen LogP contribution in [0.2, 0.25) is 0 Å². The molecular weight excluding hydrogens is 455 g/mol. The van der Waals surface area contributed by atoms with E-state index < -0.39 is 53.9 Å². The zero-order valence-electron chi connectivity index (χ0n) is 19.7. The Morgan fingerprint density at radius 3 is 2.41 bits per heavy atom. The van der Waals surface area contributed by atoms with Gasteiger partial charge in [-0.3, -0.25) is 9.59 Å². The number of rotatable bonds is 6. The van der Waals surface area contributed by atoms with E-state index in [-0.39, 0.29) is 17.5 Å². The van der Waals surface area contributed by atoms with E-state index >= 15 is 0 Å². The van der Waals surface area contributed by atoms with Crippen molar-refractivity contribution in [1.82, 2.24) is 16.0 Å². The second kappa shape index (κ2) is 11.1. The predicted octanol–water partition coefficient (Wildman–Crippen LogP) is 2.99. The van der Waals surface area contributed by atoms with Gasteiger partial charge >= 0.3 is 12.3 Å². The minimum atomic E-state index is -4.58. The van der Waals surface area contributed by atoms with Crippen molar-refractivity contribution in [2.45, 2.75) is 76.9 Å². The zero-order chi connectivity index (χ0) is 25.7. The summed E-state index contributed by atoms with van der Waals surface area (Å²) in [5.41, 5.74) is -1.81. The second-order valence-corrected chi connectivity index (χ2v) is 9.50. The van der Waals surface area contributed by atoms with Gasteiger partial charge in [-0.05, 0) is 65.2 Å². The normalized spacial score (nSPS) is 21.8. The molecule has 1 unspecified atom stereocenters. The summed E-state index contributed by atoms with van der Waals surface area (Å²) in [6.45, 7) is 6.42. The van der Waals surface area contributed by atoms with Crippen molar-refractivity contribution in [3.8, 4) is 0 Å². The van der Waals surface area contributed by atoms with Gasteiger partial charge in [0.15, 0.2) is 0 Å². The Bertz CT molecular complexity index is 883. The number of aliphatic hydroxyl groups excluding tert-OH is 1. The molecule has 0 aromatic heterocycles. The molecule has 0 bridgehead atoms. The van der Waals surface area contributed by atoms with Crippen molar-refractivity contribution in [2.75, 3.05) is 6.54 Å². The van der Waals surface area contributed by atoms with Gasteiger partial charge in [0.25, 0.3) is 5.91 Å². The Balaban J connectivity index is 1.89. The number of amides is 3. The largest absolute Gasteiger partial charge is 0.444 e. The van der Waals surface area contributed by atoms with E-state index in [9.17, 15) is 32.7 Å². The molecule has 1 saturated carbocycles. The third-order valence-corrected chi connectivity index (χ3v) is 5.45. The summed E-state index contributed by atoms with van der Waals surface area (Å²) in [6, 6.07) is 3.29.